The average Bonchev–Trinajstić information content (AvgIpc) is 2.98. The zero-order chi connectivity index (χ0) is 27.3. The van der Waals surface area contributed by atoms with Gasteiger partial charge in [-0.3, -0.25) is 4.79 Å². The predicted octanol–water partition coefficient (Wildman–Crippen LogP) is 5.52. The van der Waals surface area contributed by atoms with Crippen molar-refractivity contribution < 1.29 is 31.2 Å². The summed E-state index contributed by atoms with van der Waals surface area (Å²) in [6.45, 7) is 2.58. The summed E-state index contributed by atoms with van der Waals surface area (Å²) in [7, 11) is -4.02. The first-order valence-corrected chi connectivity index (χ1v) is 12.7. The van der Waals surface area contributed by atoms with E-state index in [0.29, 0.717) is 16.0 Å². The van der Waals surface area contributed by atoms with Crippen LogP contribution in [0, 0.1) is 0 Å². The van der Waals surface area contributed by atoms with Crippen LogP contribution in [0.2, 0.25) is 5.02 Å². The molecule has 4 rings (SSSR count). The molecule has 0 aliphatic carbocycles. The highest BCUT2D eigenvalue weighted by Crippen LogP contribution is 2.39. The molecule has 3 amide bonds. The van der Waals surface area contributed by atoms with E-state index in [1.54, 1.807) is 6.07 Å². The molecule has 0 aromatic heterocycles. The number of alkyl halides is 3. The Morgan fingerprint density at radius 1 is 0.973 bits per heavy atom. The fraction of sp³-hybridized carbons (Fsp3) is 0.200. The van der Waals surface area contributed by atoms with Crippen LogP contribution in [0.3, 0.4) is 0 Å². The van der Waals surface area contributed by atoms with Crippen molar-refractivity contribution in [3.8, 4) is 0 Å². The molecule has 2 N–H and O–H groups in total. The van der Waals surface area contributed by atoms with Crippen molar-refractivity contribution >= 4 is 44.8 Å². The highest BCUT2D eigenvalue weighted by Gasteiger charge is 2.52. The Kier molecular flexibility index (Phi) is 6.49. The average molecular weight is 552 g/mol. The number of hydrogen-bond acceptors (Lipinski definition) is 5. The highest BCUT2D eigenvalue weighted by molar-refractivity contribution is 7.91. The maximum absolute atomic E-state index is 13.4. The second-order valence-electron chi connectivity index (χ2n) is 8.90. The minimum absolute atomic E-state index is 0.0179. The number of nitrogen functional groups attached to an aromatic ring is 1. The molecule has 1 aliphatic heterocycles. The SMILES string of the molecule is CC1(C)C(=O)N(c2ccc(N)c(C(F)(F)F)c2)C(=O)N1Cc1ccccc1S(=O)(=O)c1ccc(Cl)cc1. The lowest BCUT2D eigenvalue weighted by molar-refractivity contribution is -0.137. The monoisotopic (exact) mass is 551 g/mol. The van der Waals surface area contributed by atoms with Crippen molar-refractivity contribution in [2.24, 2.45) is 0 Å². The molecule has 37 heavy (non-hydrogen) atoms. The summed E-state index contributed by atoms with van der Waals surface area (Å²) in [5.41, 5.74) is 2.16. The van der Waals surface area contributed by atoms with Crippen LogP contribution in [0.15, 0.2) is 76.5 Å². The Bertz CT molecular complexity index is 1510. The van der Waals surface area contributed by atoms with Gasteiger partial charge in [0.05, 0.1) is 21.0 Å². The van der Waals surface area contributed by atoms with Crippen LogP contribution in [0.25, 0.3) is 0 Å². The Morgan fingerprint density at radius 2 is 1.59 bits per heavy atom. The minimum Gasteiger partial charge on any atom is -0.398 e. The van der Waals surface area contributed by atoms with Crippen LogP contribution in [0.1, 0.15) is 25.0 Å². The summed E-state index contributed by atoms with van der Waals surface area (Å²) in [4.78, 5) is 28.3. The maximum Gasteiger partial charge on any atom is 0.418 e. The van der Waals surface area contributed by atoms with Crippen LogP contribution in [0.5, 0.6) is 0 Å². The predicted molar refractivity (Wildman–Crippen MR) is 132 cm³/mol. The highest BCUT2D eigenvalue weighted by atomic mass is 35.5. The van der Waals surface area contributed by atoms with Gasteiger partial charge in [-0.15, -0.1) is 0 Å². The third-order valence-corrected chi connectivity index (χ3v) is 8.26. The van der Waals surface area contributed by atoms with Crippen molar-refractivity contribution in [1.82, 2.24) is 4.90 Å². The summed E-state index contributed by atoms with van der Waals surface area (Å²) >= 11 is 5.88. The number of nitrogens with two attached hydrogens (primary N) is 1. The van der Waals surface area contributed by atoms with Crippen molar-refractivity contribution in [3.05, 3.63) is 82.9 Å². The summed E-state index contributed by atoms with van der Waals surface area (Å²) in [5.74, 6) is -0.770. The van der Waals surface area contributed by atoms with E-state index in [4.69, 9.17) is 17.3 Å². The van der Waals surface area contributed by atoms with Gasteiger partial charge in [0.1, 0.15) is 5.54 Å². The third kappa shape index (κ3) is 4.64. The quantitative estimate of drug-likeness (QED) is 0.332. The number of hydrogen-bond donors (Lipinski definition) is 1. The van der Waals surface area contributed by atoms with Crippen LogP contribution in [-0.4, -0.2) is 30.8 Å². The lowest BCUT2D eigenvalue weighted by Crippen LogP contribution is -2.43. The molecule has 3 aromatic rings. The summed E-state index contributed by atoms with van der Waals surface area (Å²) in [6.07, 6.45) is -4.80. The van der Waals surface area contributed by atoms with Gasteiger partial charge in [-0.25, -0.2) is 18.1 Å². The Morgan fingerprint density at radius 3 is 2.22 bits per heavy atom. The van der Waals surface area contributed by atoms with Crippen LogP contribution >= 0.6 is 11.6 Å². The molecule has 7 nitrogen and oxygen atoms in total. The van der Waals surface area contributed by atoms with Gasteiger partial charge in [0.25, 0.3) is 5.91 Å². The molecule has 0 radical (unpaired) electrons. The first-order chi connectivity index (χ1) is 17.2. The number of sulfone groups is 1. The van der Waals surface area contributed by atoms with Crippen molar-refractivity contribution in [3.63, 3.8) is 0 Å². The number of nitrogens with zero attached hydrogens (tertiary/aromatic N) is 2. The number of carbonyl (C=O) groups excluding carboxylic acids is 2. The second-order valence-corrected chi connectivity index (χ2v) is 11.3. The number of halogens is 4. The minimum atomic E-state index is -4.80. The van der Waals surface area contributed by atoms with E-state index in [2.05, 4.69) is 0 Å². The maximum atomic E-state index is 13.4. The molecule has 0 atom stereocenters. The Labute approximate surface area is 216 Å². The van der Waals surface area contributed by atoms with E-state index in [0.717, 1.165) is 17.0 Å². The molecule has 12 heteroatoms. The first kappa shape index (κ1) is 26.5. The van der Waals surface area contributed by atoms with Gasteiger partial charge in [-0.05, 0) is 67.9 Å². The molecule has 1 fully saturated rings. The lowest BCUT2D eigenvalue weighted by atomic mass is 10.0. The van der Waals surface area contributed by atoms with Crippen LogP contribution in [-0.2, 0) is 27.4 Å². The number of imide groups is 1. The Hall–Kier alpha value is -3.57. The molecule has 0 saturated carbocycles. The molecule has 0 bridgehead atoms. The molecular formula is C25H21ClF3N3O4S. The number of rotatable bonds is 5. The van der Waals surface area contributed by atoms with Crippen molar-refractivity contribution in [2.45, 2.75) is 41.9 Å². The fourth-order valence-electron chi connectivity index (χ4n) is 4.07. The molecule has 0 spiro atoms. The largest absolute Gasteiger partial charge is 0.418 e. The normalized spacial score (nSPS) is 15.9. The van der Waals surface area contributed by atoms with Crippen molar-refractivity contribution in [2.75, 3.05) is 10.6 Å². The summed E-state index contributed by atoms with van der Waals surface area (Å²) < 4.78 is 66.9. The zero-order valence-corrected chi connectivity index (χ0v) is 21.2. The molecule has 1 aliphatic rings. The van der Waals surface area contributed by atoms with E-state index < -0.39 is 44.7 Å². The van der Waals surface area contributed by atoms with Gasteiger partial charge >= 0.3 is 12.2 Å². The third-order valence-electron chi connectivity index (χ3n) is 6.14. The van der Waals surface area contributed by atoms with E-state index >= 15 is 0 Å². The van der Waals surface area contributed by atoms with Gasteiger partial charge in [-0.1, -0.05) is 29.8 Å². The first-order valence-electron chi connectivity index (χ1n) is 10.9. The zero-order valence-electron chi connectivity index (χ0n) is 19.6. The van der Waals surface area contributed by atoms with Gasteiger partial charge in [0.2, 0.25) is 9.84 Å². The smallest absolute Gasteiger partial charge is 0.398 e. The van der Waals surface area contributed by atoms with Crippen molar-refractivity contribution in [1.29, 1.82) is 0 Å². The Balaban J connectivity index is 1.74. The van der Waals surface area contributed by atoms with E-state index in [9.17, 15) is 31.2 Å². The van der Waals surface area contributed by atoms with Gasteiger partial charge in [0, 0.05) is 17.3 Å². The summed E-state index contributed by atoms with van der Waals surface area (Å²) in [6, 6.07) is 13.4. The van der Waals surface area contributed by atoms with E-state index in [-0.39, 0.29) is 27.6 Å². The van der Waals surface area contributed by atoms with E-state index in [1.165, 1.54) is 56.3 Å². The standard InChI is InChI=1S/C25H21ClF3N3O4S/c1-24(2)22(33)32(17-9-12-20(30)19(13-17)25(27,28)29)23(34)31(24)14-15-5-3-4-6-21(15)37(35,36)18-10-7-16(26)8-11-18/h3-13H,14,30H2,1-2H3. The molecule has 0 unspecified atom stereocenters. The number of anilines is 2. The van der Waals surface area contributed by atoms with Crippen LogP contribution < -0.4 is 10.6 Å². The molecule has 3 aromatic carbocycles. The molecule has 1 heterocycles. The van der Waals surface area contributed by atoms with Gasteiger partial charge < -0.3 is 10.6 Å². The number of benzene rings is 3. The number of urea groups is 1. The topological polar surface area (TPSA) is 101 Å². The van der Waals surface area contributed by atoms with Gasteiger partial charge in [-0.2, -0.15) is 13.2 Å². The van der Waals surface area contributed by atoms with Crippen LogP contribution in [0.4, 0.5) is 29.3 Å². The lowest BCUT2D eigenvalue weighted by Gasteiger charge is -2.28. The second kappa shape index (κ2) is 9.07. The molecular weight excluding hydrogens is 531 g/mol. The number of carbonyl (C=O) groups is 2. The van der Waals surface area contributed by atoms with Gasteiger partial charge in [0.15, 0.2) is 0 Å². The number of amides is 3. The summed E-state index contributed by atoms with van der Waals surface area (Å²) in [5, 5.41) is 0.353. The molecule has 194 valence electrons. The fourth-order valence-corrected chi connectivity index (χ4v) is 5.68. The van der Waals surface area contributed by atoms with E-state index in [1.807, 2.05) is 0 Å². The molecule has 1 saturated heterocycles.